The largest absolute Gasteiger partial charge is 0.478 e. The van der Waals surface area contributed by atoms with Gasteiger partial charge in [0.15, 0.2) is 0 Å². The van der Waals surface area contributed by atoms with E-state index in [2.05, 4.69) is 21.9 Å². The average molecular weight is 591 g/mol. The number of hydrogen-bond donors (Lipinski definition) is 2. The number of carboxylic acids is 2. The number of hydrogen-bond acceptors (Lipinski definition) is 6. The summed E-state index contributed by atoms with van der Waals surface area (Å²) in [6.45, 7) is 4.24. The van der Waals surface area contributed by atoms with Gasteiger partial charge in [-0.1, -0.05) is 42.5 Å². The highest BCUT2D eigenvalue weighted by atomic mass is 19.1. The Morgan fingerprint density at radius 3 is 1.98 bits per heavy atom. The summed E-state index contributed by atoms with van der Waals surface area (Å²) in [5.74, 6) is -2.06. The highest BCUT2D eigenvalue weighted by molar-refractivity contribution is 5.89. The molecule has 0 aliphatic carbocycles. The summed E-state index contributed by atoms with van der Waals surface area (Å²) in [6, 6.07) is 24.0. The second kappa shape index (κ2) is 13.7. The lowest BCUT2D eigenvalue weighted by atomic mass is 9.87. The fourth-order valence-electron chi connectivity index (χ4n) is 5.61. The predicted octanol–water partition coefficient (Wildman–Crippen LogP) is 5.49. The molecule has 3 aliphatic heterocycles. The van der Waals surface area contributed by atoms with Crippen molar-refractivity contribution in [1.82, 2.24) is 9.80 Å². The Labute approximate surface area is 247 Å². The summed E-state index contributed by atoms with van der Waals surface area (Å²) >= 11 is 0. The van der Waals surface area contributed by atoms with Crippen LogP contribution in [0.1, 0.15) is 29.4 Å². The van der Waals surface area contributed by atoms with E-state index in [4.69, 9.17) is 19.4 Å². The van der Waals surface area contributed by atoms with Gasteiger partial charge in [-0.2, -0.15) is 0 Å². The first-order valence-electron chi connectivity index (χ1n) is 14.0. The Morgan fingerprint density at radius 2 is 1.44 bits per heavy atom. The maximum Gasteiger partial charge on any atom is 0.328 e. The van der Waals surface area contributed by atoms with Crippen LogP contribution in [-0.2, 0) is 20.9 Å². The number of piperidine rings is 1. The van der Waals surface area contributed by atoms with Crippen molar-refractivity contribution in [2.24, 2.45) is 0 Å². The Hall–Kier alpha value is -4.38. The van der Waals surface area contributed by atoms with Gasteiger partial charge in [-0.05, 0) is 53.9 Å². The topological polar surface area (TPSA) is 103 Å². The number of furan rings is 1. The van der Waals surface area contributed by atoms with Crippen molar-refractivity contribution in [2.75, 3.05) is 26.2 Å². The number of fused-ring (bicyclic) bond motifs is 3. The summed E-state index contributed by atoms with van der Waals surface area (Å²) in [6.07, 6.45) is 1.98. The second-order valence-electron chi connectivity index (χ2n) is 10.6. The lowest BCUT2D eigenvalue weighted by molar-refractivity contribution is -0.134. The molecule has 3 aromatic carbocycles. The molecule has 43 heavy (non-hydrogen) atoms. The van der Waals surface area contributed by atoms with Crippen LogP contribution in [-0.4, -0.2) is 70.3 Å². The van der Waals surface area contributed by atoms with Crippen LogP contribution >= 0.6 is 0 Å². The Kier molecular flexibility index (Phi) is 9.61. The molecule has 0 amide bonds. The zero-order valence-corrected chi connectivity index (χ0v) is 23.3. The lowest BCUT2D eigenvalue weighted by Crippen LogP contribution is -2.68. The van der Waals surface area contributed by atoms with Crippen LogP contribution in [0.3, 0.4) is 0 Å². The van der Waals surface area contributed by atoms with E-state index < -0.39 is 11.9 Å². The zero-order valence-electron chi connectivity index (χ0n) is 23.3. The third kappa shape index (κ3) is 7.92. The minimum atomic E-state index is -1.26. The molecule has 0 saturated carbocycles. The van der Waals surface area contributed by atoms with Crippen molar-refractivity contribution in [2.45, 2.75) is 31.2 Å². The number of nitrogens with zero attached hydrogens (tertiary/aromatic N) is 2. The van der Waals surface area contributed by atoms with E-state index in [1.807, 2.05) is 18.2 Å². The maximum absolute atomic E-state index is 13.5. The van der Waals surface area contributed by atoms with Gasteiger partial charge in [0.05, 0.1) is 13.2 Å². The molecule has 3 fully saturated rings. The molecule has 0 radical (unpaired) electrons. The average Bonchev–Trinajstić information content (AvgIpc) is 3.42. The van der Waals surface area contributed by atoms with Crippen molar-refractivity contribution in [3.05, 3.63) is 120 Å². The van der Waals surface area contributed by atoms with Gasteiger partial charge in [-0.15, -0.1) is 0 Å². The van der Waals surface area contributed by atoms with Gasteiger partial charge in [0.2, 0.25) is 0 Å². The minimum absolute atomic E-state index is 0.286. The molecule has 10 heteroatoms. The van der Waals surface area contributed by atoms with E-state index in [1.54, 1.807) is 24.3 Å². The van der Waals surface area contributed by atoms with Crippen LogP contribution < -0.4 is 0 Å². The van der Waals surface area contributed by atoms with Gasteiger partial charge in [0.1, 0.15) is 29.1 Å². The molecule has 2 N–H and O–H groups in total. The Morgan fingerprint density at radius 1 is 0.884 bits per heavy atom. The molecule has 8 nitrogen and oxygen atoms in total. The van der Waals surface area contributed by atoms with E-state index >= 15 is 0 Å². The number of rotatable bonds is 10. The maximum atomic E-state index is 13.5. The van der Waals surface area contributed by atoms with Crippen LogP contribution in [0.15, 0.2) is 95.4 Å². The number of ether oxygens (including phenoxy) is 1. The highest BCUT2D eigenvalue weighted by Gasteiger charge is 2.44. The summed E-state index contributed by atoms with van der Waals surface area (Å²) in [5, 5.41) is 16.8. The summed E-state index contributed by atoms with van der Waals surface area (Å²) in [7, 11) is 0. The third-order valence-corrected chi connectivity index (χ3v) is 7.64. The molecule has 0 spiro atoms. The molecular weight excluding hydrogens is 558 g/mol. The first-order chi connectivity index (χ1) is 20.7. The molecule has 4 heterocycles. The summed E-state index contributed by atoms with van der Waals surface area (Å²) in [4.78, 5) is 24.1. The van der Waals surface area contributed by atoms with Crippen molar-refractivity contribution in [3.8, 4) is 0 Å². The van der Waals surface area contributed by atoms with Gasteiger partial charge < -0.3 is 19.4 Å². The smallest absolute Gasteiger partial charge is 0.328 e. The zero-order chi connectivity index (χ0) is 30.3. The minimum Gasteiger partial charge on any atom is -0.478 e. The normalized spacial score (nSPS) is 18.4. The first-order valence-corrected chi connectivity index (χ1v) is 14.0. The summed E-state index contributed by atoms with van der Waals surface area (Å²) < 4.78 is 39.2. The number of carbonyl (C=O) groups is 2. The second-order valence-corrected chi connectivity index (χ2v) is 10.6. The van der Waals surface area contributed by atoms with Crippen molar-refractivity contribution >= 4 is 22.9 Å². The van der Waals surface area contributed by atoms with Crippen LogP contribution in [0, 0.1) is 11.6 Å². The van der Waals surface area contributed by atoms with Crippen molar-refractivity contribution in [3.63, 3.8) is 0 Å². The standard InChI is InChI=1S/C29H28F2N2O2.C4H4O4/c30-23-9-5-20(6-10-23)29(21-7-11-24(31)12-8-21)34-14-13-32-17-25-16-26(18-32)33(25)19-27-15-22-3-1-2-4-28(22)35-27;5-3(6)1-2-4(7)8/h1-12,15,25-26,29H,13-14,16-19H2;1-2H,(H,5,6)(H,7,8)/b;2-1+. The van der Waals surface area contributed by atoms with E-state index in [9.17, 15) is 18.4 Å². The van der Waals surface area contributed by atoms with Gasteiger partial charge in [-0.3, -0.25) is 9.80 Å². The van der Waals surface area contributed by atoms with Gasteiger partial charge >= 0.3 is 11.9 Å². The number of aliphatic carboxylic acids is 2. The van der Waals surface area contributed by atoms with Crippen LogP contribution in [0.25, 0.3) is 11.0 Å². The predicted molar refractivity (Wildman–Crippen MR) is 155 cm³/mol. The van der Waals surface area contributed by atoms with E-state index in [0.717, 1.165) is 54.0 Å². The third-order valence-electron chi connectivity index (χ3n) is 7.64. The quantitative estimate of drug-likeness (QED) is 0.234. The molecule has 2 bridgehead atoms. The van der Waals surface area contributed by atoms with Crippen molar-refractivity contribution < 1.29 is 37.7 Å². The molecule has 7 rings (SSSR count). The fraction of sp³-hybridized carbons (Fsp3) is 0.273. The highest BCUT2D eigenvalue weighted by Crippen LogP contribution is 2.35. The molecule has 2 atom stereocenters. The lowest BCUT2D eigenvalue weighted by Gasteiger charge is -2.56. The molecular formula is C33H32F2N2O6. The number of para-hydroxylation sites is 1. The molecule has 2 unspecified atom stereocenters. The van der Waals surface area contributed by atoms with Crippen LogP contribution in [0.5, 0.6) is 0 Å². The van der Waals surface area contributed by atoms with Crippen molar-refractivity contribution in [1.29, 1.82) is 0 Å². The first kappa shape index (κ1) is 30.1. The molecule has 3 saturated heterocycles. The number of piperazine rings is 1. The molecule has 224 valence electrons. The molecule has 1 aromatic heterocycles. The number of benzene rings is 3. The summed E-state index contributed by atoms with van der Waals surface area (Å²) in [5.41, 5.74) is 2.66. The molecule has 4 aromatic rings. The SMILES string of the molecule is Fc1ccc(C(OCCN2CC3CC(C2)N3Cc2cc3ccccc3o2)c2ccc(F)cc2)cc1.O=C(O)/C=C/C(=O)O. The molecule has 3 aliphatic rings. The van der Waals surface area contributed by atoms with Gasteiger partial charge in [0, 0.05) is 49.3 Å². The Bertz CT molecular complexity index is 1460. The van der Waals surface area contributed by atoms with E-state index in [0.29, 0.717) is 30.8 Å². The van der Waals surface area contributed by atoms with Crippen LogP contribution in [0.2, 0.25) is 0 Å². The van der Waals surface area contributed by atoms with E-state index in [-0.39, 0.29) is 17.7 Å². The van der Waals surface area contributed by atoms with Gasteiger partial charge in [-0.25, -0.2) is 18.4 Å². The monoisotopic (exact) mass is 590 g/mol. The van der Waals surface area contributed by atoms with Gasteiger partial charge in [0.25, 0.3) is 0 Å². The fourth-order valence-corrected chi connectivity index (χ4v) is 5.61. The van der Waals surface area contributed by atoms with E-state index in [1.165, 1.54) is 30.7 Å². The van der Waals surface area contributed by atoms with Crippen LogP contribution in [0.4, 0.5) is 8.78 Å². The Balaban J connectivity index is 0.000000407. The number of halogens is 2. The number of carboxylic acid groups (broad SMARTS) is 2.